The largest absolute Gasteiger partial charge is 0.368 e. The molecule has 1 heterocycles. The number of anilines is 2. The summed E-state index contributed by atoms with van der Waals surface area (Å²) in [4.78, 5) is 30.8. The van der Waals surface area contributed by atoms with E-state index in [9.17, 15) is 9.59 Å². The highest BCUT2D eigenvalue weighted by molar-refractivity contribution is 6.04. The Kier molecular flexibility index (Phi) is 6.67. The SMILES string of the molecule is CC(C)(C)c1ccc(C(=O)Nc2ccc(N3CCN(C(=O)C4c5ccccc5-c5ccccc54)CC3)cc2)cc1. The molecule has 0 atom stereocenters. The van der Waals surface area contributed by atoms with Crippen molar-refractivity contribution in [1.29, 1.82) is 0 Å². The summed E-state index contributed by atoms with van der Waals surface area (Å²) in [5.41, 5.74) is 8.32. The second-order valence-electron chi connectivity index (χ2n) is 11.7. The number of carbonyl (C=O) groups excluding carboxylic acids is 2. The van der Waals surface area contributed by atoms with Crippen LogP contribution in [0.15, 0.2) is 97.1 Å². The molecule has 0 saturated carbocycles. The van der Waals surface area contributed by atoms with Crippen molar-refractivity contribution in [3.05, 3.63) is 119 Å². The summed E-state index contributed by atoms with van der Waals surface area (Å²) >= 11 is 0. The molecule has 4 aromatic rings. The second-order valence-corrected chi connectivity index (χ2v) is 11.7. The Labute approximate surface area is 236 Å². The van der Waals surface area contributed by atoms with Crippen molar-refractivity contribution in [2.24, 2.45) is 0 Å². The van der Waals surface area contributed by atoms with Gasteiger partial charge < -0.3 is 15.1 Å². The Morgan fingerprint density at radius 2 is 1.25 bits per heavy atom. The number of amides is 2. The van der Waals surface area contributed by atoms with E-state index in [0.29, 0.717) is 18.7 Å². The maximum atomic E-state index is 13.8. The van der Waals surface area contributed by atoms with E-state index < -0.39 is 0 Å². The van der Waals surface area contributed by atoms with Gasteiger partial charge in [-0.1, -0.05) is 81.4 Å². The molecule has 1 saturated heterocycles. The number of hydrogen-bond acceptors (Lipinski definition) is 3. The fourth-order valence-corrected chi connectivity index (χ4v) is 5.87. The van der Waals surface area contributed by atoms with Crippen LogP contribution in [-0.4, -0.2) is 42.9 Å². The van der Waals surface area contributed by atoms with Crippen LogP contribution in [0.4, 0.5) is 11.4 Å². The van der Waals surface area contributed by atoms with Crippen molar-refractivity contribution < 1.29 is 9.59 Å². The molecule has 2 amide bonds. The van der Waals surface area contributed by atoms with Crippen LogP contribution >= 0.6 is 0 Å². The zero-order valence-corrected chi connectivity index (χ0v) is 23.4. The zero-order valence-electron chi connectivity index (χ0n) is 23.4. The lowest BCUT2D eigenvalue weighted by molar-refractivity contribution is -0.132. The lowest BCUT2D eigenvalue weighted by atomic mass is 9.87. The van der Waals surface area contributed by atoms with Gasteiger partial charge in [0.15, 0.2) is 0 Å². The Balaban J connectivity index is 1.08. The van der Waals surface area contributed by atoms with Gasteiger partial charge in [-0.25, -0.2) is 0 Å². The van der Waals surface area contributed by atoms with Gasteiger partial charge in [0.25, 0.3) is 5.91 Å². The van der Waals surface area contributed by atoms with Crippen LogP contribution in [0.1, 0.15) is 53.7 Å². The fraction of sp³-hybridized carbons (Fsp3) is 0.257. The van der Waals surface area contributed by atoms with E-state index in [1.165, 1.54) is 16.7 Å². The molecule has 0 radical (unpaired) electrons. The first-order valence-electron chi connectivity index (χ1n) is 14.0. The van der Waals surface area contributed by atoms with E-state index in [4.69, 9.17) is 0 Å². The predicted octanol–water partition coefficient (Wildman–Crippen LogP) is 6.70. The molecule has 202 valence electrons. The third-order valence-corrected chi connectivity index (χ3v) is 8.18. The van der Waals surface area contributed by atoms with Gasteiger partial charge >= 0.3 is 0 Å². The summed E-state index contributed by atoms with van der Waals surface area (Å²) in [5, 5.41) is 3.01. The topological polar surface area (TPSA) is 52.7 Å². The lowest BCUT2D eigenvalue weighted by Gasteiger charge is -2.37. The summed E-state index contributed by atoms with van der Waals surface area (Å²) in [6, 6.07) is 32.3. The van der Waals surface area contributed by atoms with Gasteiger partial charge in [0.05, 0.1) is 5.92 Å². The van der Waals surface area contributed by atoms with Gasteiger partial charge in [0, 0.05) is 43.1 Å². The Morgan fingerprint density at radius 3 is 1.80 bits per heavy atom. The van der Waals surface area contributed by atoms with Gasteiger partial charge in [-0.15, -0.1) is 0 Å². The molecular weight excluding hydrogens is 494 g/mol. The molecule has 2 aliphatic rings. The van der Waals surface area contributed by atoms with Gasteiger partial charge in [-0.05, 0) is 69.6 Å². The third kappa shape index (κ3) is 4.88. The van der Waals surface area contributed by atoms with Crippen molar-refractivity contribution in [3.63, 3.8) is 0 Å². The van der Waals surface area contributed by atoms with Gasteiger partial charge in [0.2, 0.25) is 5.91 Å². The summed E-state index contributed by atoms with van der Waals surface area (Å²) in [6.07, 6.45) is 0. The molecule has 1 fully saturated rings. The molecule has 5 nitrogen and oxygen atoms in total. The maximum absolute atomic E-state index is 13.8. The monoisotopic (exact) mass is 529 g/mol. The van der Waals surface area contributed by atoms with E-state index in [1.54, 1.807) is 0 Å². The normalized spacial score (nSPS) is 15.0. The summed E-state index contributed by atoms with van der Waals surface area (Å²) in [6.45, 7) is 9.40. The molecule has 1 N–H and O–H groups in total. The number of benzene rings is 4. The number of carbonyl (C=O) groups is 2. The molecule has 1 aliphatic heterocycles. The van der Waals surface area contributed by atoms with Gasteiger partial charge in [0.1, 0.15) is 0 Å². The third-order valence-electron chi connectivity index (χ3n) is 8.18. The highest BCUT2D eigenvalue weighted by Gasteiger charge is 2.36. The Hall–Kier alpha value is -4.38. The van der Waals surface area contributed by atoms with Crippen molar-refractivity contribution in [2.75, 3.05) is 36.4 Å². The molecule has 4 aromatic carbocycles. The van der Waals surface area contributed by atoms with Crippen molar-refractivity contribution in [1.82, 2.24) is 4.90 Å². The smallest absolute Gasteiger partial charge is 0.255 e. The standard InChI is InChI=1S/C35H35N3O2/c1-35(2,3)25-14-12-24(13-15-25)33(39)36-26-16-18-27(19-17-26)37-20-22-38(23-21-37)34(40)32-30-10-6-4-8-28(30)29-9-5-7-11-31(29)32/h4-19,32H,20-23H2,1-3H3,(H,36,39). The molecule has 0 bridgehead atoms. The van der Waals surface area contributed by atoms with Crippen LogP contribution in [0.5, 0.6) is 0 Å². The first kappa shape index (κ1) is 25.9. The highest BCUT2D eigenvalue weighted by Crippen LogP contribution is 2.45. The number of rotatable bonds is 4. The average Bonchev–Trinajstić information content (AvgIpc) is 3.31. The highest BCUT2D eigenvalue weighted by atomic mass is 16.2. The molecule has 1 aliphatic carbocycles. The Morgan fingerprint density at radius 1 is 0.700 bits per heavy atom. The number of fused-ring (bicyclic) bond motifs is 3. The van der Waals surface area contributed by atoms with Crippen LogP contribution in [0.25, 0.3) is 11.1 Å². The molecule has 0 unspecified atom stereocenters. The molecule has 0 spiro atoms. The van der Waals surface area contributed by atoms with Gasteiger partial charge in [-0.2, -0.15) is 0 Å². The first-order chi connectivity index (χ1) is 19.3. The minimum absolute atomic E-state index is 0.0525. The van der Waals surface area contributed by atoms with E-state index >= 15 is 0 Å². The lowest BCUT2D eigenvalue weighted by Crippen LogP contribution is -2.50. The van der Waals surface area contributed by atoms with Crippen molar-refractivity contribution in [3.8, 4) is 11.1 Å². The summed E-state index contributed by atoms with van der Waals surface area (Å²) in [7, 11) is 0. The molecular formula is C35H35N3O2. The fourth-order valence-electron chi connectivity index (χ4n) is 5.87. The molecule has 6 rings (SSSR count). The summed E-state index contributed by atoms with van der Waals surface area (Å²) < 4.78 is 0. The molecule has 40 heavy (non-hydrogen) atoms. The number of piperazine rings is 1. The van der Waals surface area contributed by atoms with Crippen molar-refractivity contribution in [2.45, 2.75) is 32.1 Å². The number of nitrogens with zero attached hydrogens (tertiary/aromatic N) is 2. The Bertz CT molecular complexity index is 1500. The summed E-state index contributed by atoms with van der Waals surface area (Å²) in [5.74, 6) is -0.160. The van der Waals surface area contributed by atoms with Crippen LogP contribution in [-0.2, 0) is 10.2 Å². The van der Waals surface area contributed by atoms with Crippen LogP contribution in [0.2, 0.25) is 0 Å². The van der Waals surface area contributed by atoms with E-state index in [1.807, 2.05) is 77.7 Å². The van der Waals surface area contributed by atoms with Crippen LogP contribution < -0.4 is 10.2 Å². The predicted molar refractivity (Wildman–Crippen MR) is 162 cm³/mol. The number of nitrogens with one attached hydrogen (secondary N) is 1. The van der Waals surface area contributed by atoms with Crippen LogP contribution in [0, 0.1) is 0 Å². The minimum atomic E-state index is -0.230. The second kappa shape index (κ2) is 10.3. The van der Waals surface area contributed by atoms with E-state index in [-0.39, 0.29) is 23.1 Å². The van der Waals surface area contributed by atoms with E-state index in [2.05, 4.69) is 55.3 Å². The van der Waals surface area contributed by atoms with Gasteiger partial charge in [-0.3, -0.25) is 9.59 Å². The van der Waals surface area contributed by atoms with Crippen LogP contribution in [0.3, 0.4) is 0 Å². The van der Waals surface area contributed by atoms with E-state index in [0.717, 1.165) is 35.6 Å². The minimum Gasteiger partial charge on any atom is -0.368 e. The van der Waals surface area contributed by atoms with Crippen molar-refractivity contribution >= 4 is 23.2 Å². The zero-order chi connectivity index (χ0) is 27.9. The first-order valence-corrected chi connectivity index (χ1v) is 14.0. The molecule has 0 aromatic heterocycles. The number of hydrogen-bond donors (Lipinski definition) is 1. The molecule has 5 heteroatoms. The maximum Gasteiger partial charge on any atom is 0.255 e. The quantitative estimate of drug-likeness (QED) is 0.320. The average molecular weight is 530 g/mol.